The molecule has 0 bridgehead atoms. The highest BCUT2D eigenvalue weighted by Crippen LogP contribution is 1.94. The third-order valence-electron chi connectivity index (χ3n) is 0.858. The third-order valence-corrected chi connectivity index (χ3v) is 0.858. The van der Waals surface area contributed by atoms with Crippen LogP contribution in [0.5, 0.6) is 0 Å². The van der Waals surface area contributed by atoms with Gasteiger partial charge >= 0.3 is 0 Å². The predicted octanol–water partition coefficient (Wildman–Crippen LogP) is 0.194. The van der Waals surface area contributed by atoms with Crippen LogP contribution in [0.2, 0.25) is 0 Å². The zero-order chi connectivity index (χ0) is 5.98. The lowest BCUT2D eigenvalue weighted by Gasteiger charge is -2.00. The van der Waals surface area contributed by atoms with Crippen LogP contribution in [0, 0.1) is 6.20 Å². The van der Waals surface area contributed by atoms with Gasteiger partial charge in [0.2, 0.25) is 0 Å². The monoisotopic (exact) mass is 111 g/mol. The van der Waals surface area contributed by atoms with Crippen molar-refractivity contribution in [3.63, 3.8) is 0 Å². The lowest BCUT2D eigenvalue weighted by Crippen LogP contribution is -2.02. The van der Waals surface area contributed by atoms with Crippen molar-refractivity contribution in [1.82, 2.24) is 9.78 Å². The van der Waals surface area contributed by atoms with Gasteiger partial charge in [-0.25, -0.2) is 4.68 Å². The van der Waals surface area contributed by atoms with E-state index in [1.165, 1.54) is 4.68 Å². The molecule has 8 heavy (non-hydrogen) atoms. The Labute approximate surface area is 47.6 Å². The Morgan fingerprint density at radius 2 is 2.62 bits per heavy atom. The van der Waals surface area contributed by atoms with Crippen LogP contribution in [0.25, 0.3) is 0 Å². The topological polar surface area (TPSA) is 38.0 Å². The maximum atomic E-state index is 8.79. The number of hydrogen-bond donors (Lipinski definition) is 1. The quantitative estimate of drug-likeness (QED) is 0.562. The summed E-state index contributed by atoms with van der Waals surface area (Å²) in [6, 6.07) is 1.65. The van der Waals surface area contributed by atoms with E-state index in [1.54, 1.807) is 19.2 Å². The minimum atomic E-state index is -0.541. The lowest BCUT2D eigenvalue weighted by molar-refractivity contribution is 0.110. The summed E-state index contributed by atoms with van der Waals surface area (Å²) in [6.07, 6.45) is 3.68. The van der Waals surface area contributed by atoms with E-state index in [9.17, 15) is 0 Å². The van der Waals surface area contributed by atoms with Gasteiger partial charge in [0.1, 0.15) is 12.4 Å². The molecule has 0 saturated heterocycles. The molecule has 0 aliphatic carbocycles. The second-order valence-corrected chi connectivity index (χ2v) is 1.56. The van der Waals surface area contributed by atoms with Gasteiger partial charge in [-0.3, -0.25) is 0 Å². The molecule has 3 nitrogen and oxygen atoms in total. The molecule has 0 aliphatic heterocycles. The van der Waals surface area contributed by atoms with E-state index in [0.29, 0.717) is 0 Å². The molecule has 1 unspecified atom stereocenters. The van der Waals surface area contributed by atoms with Crippen molar-refractivity contribution < 1.29 is 5.11 Å². The molecule has 1 aromatic rings. The first kappa shape index (κ1) is 5.31. The molecule has 3 heteroatoms. The summed E-state index contributed by atoms with van der Waals surface area (Å²) in [7, 11) is 0. The van der Waals surface area contributed by atoms with E-state index >= 15 is 0 Å². The summed E-state index contributed by atoms with van der Waals surface area (Å²) in [4.78, 5) is 0. The highest BCUT2D eigenvalue weighted by atomic mass is 16.3. The fourth-order valence-electron chi connectivity index (χ4n) is 0.451. The minimum Gasteiger partial charge on any atom is -0.372 e. The van der Waals surface area contributed by atoms with Crippen molar-refractivity contribution in [3.05, 3.63) is 18.5 Å². The molecule has 1 N–H and O–H groups in total. The summed E-state index contributed by atoms with van der Waals surface area (Å²) in [5.41, 5.74) is 0. The first-order valence-electron chi connectivity index (χ1n) is 2.40. The van der Waals surface area contributed by atoms with Gasteiger partial charge in [0.05, 0.1) is 0 Å². The molecule has 43 valence electrons. The van der Waals surface area contributed by atoms with Gasteiger partial charge < -0.3 is 5.11 Å². The largest absolute Gasteiger partial charge is 0.372 e. The number of aromatic nitrogens is 2. The van der Waals surface area contributed by atoms with E-state index in [1.807, 2.05) is 0 Å². The van der Waals surface area contributed by atoms with Crippen molar-refractivity contribution in [2.24, 2.45) is 0 Å². The second kappa shape index (κ2) is 1.96. The van der Waals surface area contributed by atoms with E-state index in [-0.39, 0.29) is 0 Å². The molecule has 0 fully saturated rings. The molecule has 0 spiro atoms. The number of rotatable bonds is 1. The van der Waals surface area contributed by atoms with E-state index in [4.69, 9.17) is 5.11 Å². The van der Waals surface area contributed by atoms with Crippen LogP contribution < -0.4 is 0 Å². The van der Waals surface area contributed by atoms with Crippen molar-refractivity contribution >= 4 is 0 Å². The Bertz CT molecular complexity index is 145. The zero-order valence-corrected chi connectivity index (χ0v) is 4.57. The molecule has 0 aromatic carbocycles. The molecule has 0 amide bonds. The molecule has 0 aliphatic rings. The number of nitrogens with zero attached hydrogens (tertiary/aromatic N) is 2. The highest BCUT2D eigenvalue weighted by Gasteiger charge is 1.93. The Morgan fingerprint density at radius 3 is 2.88 bits per heavy atom. The number of aliphatic hydroxyl groups excluding tert-OH is 1. The molecular formula is C5H7N2O. The Balaban J connectivity index is 2.77. The molecule has 1 heterocycles. The van der Waals surface area contributed by atoms with Gasteiger partial charge in [-0.05, 0) is 13.0 Å². The number of hydrogen-bond acceptors (Lipinski definition) is 2. The molecule has 0 saturated carbocycles. The van der Waals surface area contributed by atoms with E-state index in [2.05, 4.69) is 11.3 Å². The smallest absolute Gasteiger partial charge is 0.144 e. The molecule has 1 rings (SSSR count). The first-order chi connectivity index (χ1) is 3.80. The highest BCUT2D eigenvalue weighted by molar-refractivity contribution is 4.75. The number of aliphatic hydroxyl groups is 1. The van der Waals surface area contributed by atoms with Crippen LogP contribution in [-0.2, 0) is 0 Å². The normalized spacial score (nSPS) is 13.8. The standard InChI is InChI=1S/C5H7N2O/c1-5(8)7-4-2-3-6-7/h2,4-5,8H,1H3. The zero-order valence-electron chi connectivity index (χ0n) is 4.57. The fourth-order valence-corrected chi connectivity index (χ4v) is 0.451. The van der Waals surface area contributed by atoms with Crippen LogP contribution >= 0.6 is 0 Å². The predicted molar refractivity (Wildman–Crippen MR) is 28.0 cm³/mol. The molecule has 1 radical (unpaired) electrons. The average Bonchev–Trinajstić information content (AvgIpc) is 2.12. The van der Waals surface area contributed by atoms with E-state index in [0.717, 1.165) is 0 Å². The maximum absolute atomic E-state index is 8.79. The van der Waals surface area contributed by atoms with E-state index < -0.39 is 6.23 Å². The van der Waals surface area contributed by atoms with Crippen molar-refractivity contribution in [2.75, 3.05) is 0 Å². The van der Waals surface area contributed by atoms with Gasteiger partial charge in [0.15, 0.2) is 0 Å². The third kappa shape index (κ3) is 0.869. The second-order valence-electron chi connectivity index (χ2n) is 1.56. The van der Waals surface area contributed by atoms with Gasteiger partial charge in [-0.15, -0.1) is 0 Å². The van der Waals surface area contributed by atoms with Crippen molar-refractivity contribution in [1.29, 1.82) is 0 Å². The van der Waals surface area contributed by atoms with Crippen LogP contribution in [0.4, 0.5) is 0 Å². The average molecular weight is 111 g/mol. The van der Waals surface area contributed by atoms with Gasteiger partial charge in [-0.1, -0.05) is 0 Å². The van der Waals surface area contributed by atoms with Crippen LogP contribution in [0.1, 0.15) is 13.2 Å². The summed E-state index contributed by atoms with van der Waals surface area (Å²) < 4.78 is 1.42. The van der Waals surface area contributed by atoms with Crippen LogP contribution in [-0.4, -0.2) is 14.9 Å². The first-order valence-corrected chi connectivity index (χ1v) is 2.40. The van der Waals surface area contributed by atoms with Crippen molar-refractivity contribution in [3.8, 4) is 0 Å². The molecule has 1 aromatic heterocycles. The maximum Gasteiger partial charge on any atom is 0.144 e. The van der Waals surface area contributed by atoms with Crippen LogP contribution in [0.3, 0.4) is 0 Å². The summed E-state index contributed by atoms with van der Waals surface area (Å²) in [6.45, 7) is 1.64. The Morgan fingerprint density at radius 1 is 1.88 bits per heavy atom. The Kier molecular flexibility index (Phi) is 1.30. The minimum absolute atomic E-state index is 0.541. The molecular weight excluding hydrogens is 104 g/mol. The molecule has 1 atom stereocenters. The van der Waals surface area contributed by atoms with Gasteiger partial charge in [0.25, 0.3) is 0 Å². The van der Waals surface area contributed by atoms with Crippen molar-refractivity contribution in [2.45, 2.75) is 13.2 Å². The summed E-state index contributed by atoms with van der Waals surface area (Å²) in [5, 5.41) is 12.5. The van der Waals surface area contributed by atoms with Crippen LogP contribution in [0.15, 0.2) is 12.3 Å². The fraction of sp³-hybridized carbons (Fsp3) is 0.400. The SMILES string of the molecule is CC(O)n1cc[c]n1. The van der Waals surface area contributed by atoms with Gasteiger partial charge in [-0.2, -0.15) is 5.10 Å². The summed E-state index contributed by atoms with van der Waals surface area (Å²) >= 11 is 0. The lowest BCUT2D eigenvalue weighted by atomic mass is 10.6. The Hall–Kier alpha value is -0.830. The summed E-state index contributed by atoms with van der Waals surface area (Å²) in [5.74, 6) is 0. The van der Waals surface area contributed by atoms with Gasteiger partial charge in [0, 0.05) is 6.20 Å².